The molecule has 7 heteroatoms. The third kappa shape index (κ3) is 3.48. The maximum absolute atomic E-state index is 12.4. The van der Waals surface area contributed by atoms with Gasteiger partial charge in [-0.15, -0.1) is 0 Å². The fraction of sp³-hybridized carbons (Fsp3) is 0.467. The van der Waals surface area contributed by atoms with E-state index in [9.17, 15) is 4.79 Å². The molecule has 2 aromatic heterocycles. The lowest BCUT2D eigenvalue weighted by atomic mass is 10.1. The van der Waals surface area contributed by atoms with Gasteiger partial charge in [0.1, 0.15) is 12.3 Å². The van der Waals surface area contributed by atoms with Crippen molar-refractivity contribution in [3.63, 3.8) is 0 Å². The number of amides is 1. The number of pyridine rings is 1. The molecule has 22 heavy (non-hydrogen) atoms. The first kappa shape index (κ1) is 14.6. The number of aryl methyl sites for hydroxylation is 1. The normalized spacial score (nSPS) is 18.4. The number of carbonyl (C=O) groups is 1. The van der Waals surface area contributed by atoms with Crippen molar-refractivity contribution >= 4 is 5.91 Å². The second-order valence-corrected chi connectivity index (χ2v) is 5.28. The van der Waals surface area contributed by atoms with E-state index < -0.39 is 0 Å². The number of likely N-dealkylation sites (tertiary alicyclic amines) is 1. The Morgan fingerprint density at radius 3 is 3.14 bits per heavy atom. The molecule has 7 nitrogen and oxygen atoms in total. The van der Waals surface area contributed by atoms with Crippen LogP contribution in [-0.2, 0) is 11.3 Å². The minimum Gasteiger partial charge on any atom is -0.367 e. The van der Waals surface area contributed by atoms with Crippen molar-refractivity contribution < 1.29 is 14.1 Å². The van der Waals surface area contributed by atoms with Crippen LogP contribution in [0.4, 0.5) is 0 Å². The first-order valence-corrected chi connectivity index (χ1v) is 7.33. The van der Waals surface area contributed by atoms with Crippen molar-refractivity contribution in [3.05, 3.63) is 41.8 Å². The maximum atomic E-state index is 12.4. The fourth-order valence-electron chi connectivity index (χ4n) is 2.50. The molecule has 1 atom stereocenters. The number of ether oxygens (including phenoxy) is 1. The number of carbonyl (C=O) groups excluding carboxylic acids is 1. The average Bonchev–Trinajstić information content (AvgIpc) is 2.99. The molecule has 1 aliphatic heterocycles. The molecule has 1 unspecified atom stereocenters. The van der Waals surface area contributed by atoms with Crippen molar-refractivity contribution in [2.24, 2.45) is 0 Å². The first-order valence-electron chi connectivity index (χ1n) is 7.33. The summed E-state index contributed by atoms with van der Waals surface area (Å²) >= 11 is 0. The van der Waals surface area contributed by atoms with Gasteiger partial charge in [0.05, 0.1) is 6.10 Å². The number of aromatic nitrogens is 3. The zero-order valence-corrected chi connectivity index (χ0v) is 12.4. The largest absolute Gasteiger partial charge is 0.367 e. The molecular formula is C15H18N4O3. The monoisotopic (exact) mass is 302 g/mol. The molecule has 116 valence electrons. The molecule has 0 spiro atoms. The van der Waals surface area contributed by atoms with Gasteiger partial charge in [-0.3, -0.25) is 9.78 Å². The molecule has 3 heterocycles. The van der Waals surface area contributed by atoms with E-state index in [-0.39, 0.29) is 18.6 Å². The van der Waals surface area contributed by atoms with Crippen LogP contribution in [-0.4, -0.2) is 45.1 Å². The second-order valence-electron chi connectivity index (χ2n) is 5.28. The zero-order valence-electron chi connectivity index (χ0n) is 12.4. The summed E-state index contributed by atoms with van der Waals surface area (Å²) < 4.78 is 10.8. The summed E-state index contributed by atoms with van der Waals surface area (Å²) in [6, 6.07) is 5.34. The summed E-state index contributed by atoms with van der Waals surface area (Å²) in [5, 5.41) is 3.72. The van der Waals surface area contributed by atoms with E-state index >= 15 is 0 Å². The smallest absolute Gasteiger partial charge is 0.272 e. The highest BCUT2D eigenvalue weighted by Gasteiger charge is 2.25. The SMILES string of the molecule is Cc1noc(COC2CCCN(C(=O)c3ccccn3)C2)n1. The Morgan fingerprint density at radius 1 is 1.50 bits per heavy atom. The summed E-state index contributed by atoms with van der Waals surface area (Å²) in [6.45, 7) is 3.33. The average molecular weight is 302 g/mol. The van der Waals surface area contributed by atoms with Gasteiger partial charge in [0.2, 0.25) is 0 Å². The Labute approximate surface area is 128 Å². The van der Waals surface area contributed by atoms with Gasteiger partial charge in [0.25, 0.3) is 11.8 Å². The fourth-order valence-corrected chi connectivity index (χ4v) is 2.50. The van der Waals surface area contributed by atoms with Gasteiger partial charge in [-0.25, -0.2) is 0 Å². The maximum Gasteiger partial charge on any atom is 0.272 e. The molecule has 1 amide bonds. The summed E-state index contributed by atoms with van der Waals surface area (Å²) in [6.07, 6.45) is 3.43. The van der Waals surface area contributed by atoms with Gasteiger partial charge in [0, 0.05) is 19.3 Å². The highest BCUT2D eigenvalue weighted by Crippen LogP contribution is 2.16. The number of nitrogens with zero attached hydrogens (tertiary/aromatic N) is 4. The number of rotatable bonds is 4. The van der Waals surface area contributed by atoms with Crippen molar-refractivity contribution in [3.8, 4) is 0 Å². The van der Waals surface area contributed by atoms with Crippen LogP contribution in [0.25, 0.3) is 0 Å². The van der Waals surface area contributed by atoms with Gasteiger partial charge < -0.3 is 14.2 Å². The highest BCUT2D eigenvalue weighted by atomic mass is 16.5. The van der Waals surface area contributed by atoms with Crippen LogP contribution >= 0.6 is 0 Å². The van der Waals surface area contributed by atoms with Gasteiger partial charge in [-0.05, 0) is 31.9 Å². The number of hydrogen-bond donors (Lipinski definition) is 0. The molecule has 3 rings (SSSR count). The quantitative estimate of drug-likeness (QED) is 0.853. The van der Waals surface area contributed by atoms with Crippen LogP contribution < -0.4 is 0 Å². The van der Waals surface area contributed by atoms with E-state index in [4.69, 9.17) is 9.26 Å². The molecule has 0 aromatic carbocycles. The molecule has 0 radical (unpaired) electrons. The predicted octanol–water partition coefficient (Wildman–Crippen LogP) is 1.59. The first-order chi connectivity index (χ1) is 10.7. The van der Waals surface area contributed by atoms with Crippen LogP contribution in [0.3, 0.4) is 0 Å². The third-order valence-corrected chi connectivity index (χ3v) is 3.56. The van der Waals surface area contributed by atoms with Gasteiger partial charge >= 0.3 is 0 Å². The molecule has 1 aliphatic rings. The Balaban J connectivity index is 1.56. The van der Waals surface area contributed by atoms with E-state index in [0.717, 1.165) is 19.4 Å². The van der Waals surface area contributed by atoms with Gasteiger partial charge in [0.15, 0.2) is 5.82 Å². The molecule has 0 saturated carbocycles. The Morgan fingerprint density at radius 2 is 2.41 bits per heavy atom. The summed E-state index contributed by atoms with van der Waals surface area (Å²) in [5.74, 6) is 1.00. The lowest BCUT2D eigenvalue weighted by molar-refractivity contribution is -0.0155. The van der Waals surface area contributed by atoms with Crippen LogP contribution in [0.2, 0.25) is 0 Å². The lowest BCUT2D eigenvalue weighted by Crippen LogP contribution is -2.43. The molecule has 0 N–H and O–H groups in total. The van der Waals surface area contributed by atoms with Crippen molar-refractivity contribution in [2.45, 2.75) is 32.5 Å². The Hall–Kier alpha value is -2.28. The third-order valence-electron chi connectivity index (χ3n) is 3.56. The van der Waals surface area contributed by atoms with Crippen LogP contribution in [0, 0.1) is 6.92 Å². The van der Waals surface area contributed by atoms with Crippen LogP contribution in [0.5, 0.6) is 0 Å². The second kappa shape index (κ2) is 6.65. The molecule has 2 aromatic rings. The van der Waals surface area contributed by atoms with E-state index in [1.807, 2.05) is 6.07 Å². The Bertz CT molecular complexity index is 629. The van der Waals surface area contributed by atoms with Gasteiger partial charge in [-0.2, -0.15) is 4.98 Å². The lowest BCUT2D eigenvalue weighted by Gasteiger charge is -2.32. The Kier molecular flexibility index (Phi) is 4.43. The molecule has 0 bridgehead atoms. The van der Waals surface area contributed by atoms with E-state index in [1.165, 1.54) is 0 Å². The minimum absolute atomic E-state index is 0.0198. The standard InChI is InChI=1S/C15H18N4O3/c1-11-17-14(22-18-11)10-21-12-5-4-8-19(9-12)15(20)13-6-2-3-7-16-13/h2-3,6-7,12H,4-5,8-10H2,1H3. The molecule has 1 fully saturated rings. The highest BCUT2D eigenvalue weighted by molar-refractivity contribution is 5.92. The van der Waals surface area contributed by atoms with Gasteiger partial charge in [-0.1, -0.05) is 11.2 Å². The van der Waals surface area contributed by atoms with E-state index in [2.05, 4.69) is 15.1 Å². The van der Waals surface area contributed by atoms with E-state index in [0.29, 0.717) is 24.0 Å². The topological polar surface area (TPSA) is 81.4 Å². The molecular weight excluding hydrogens is 284 g/mol. The van der Waals surface area contributed by atoms with Crippen molar-refractivity contribution in [1.82, 2.24) is 20.0 Å². The summed E-state index contributed by atoms with van der Waals surface area (Å²) in [7, 11) is 0. The van der Waals surface area contributed by atoms with Crippen LogP contribution in [0.1, 0.15) is 35.0 Å². The van der Waals surface area contributed by atoms with Crippen LogP contribution in [0.15, 0.2) is 28.9 Å². The molecule has 0 aliphatic carbocycles. The zero-order chi connectivity index (χ0) is 15.4. The number of hydrogen-bond acceptors (Lipinski definition) is 6. The van der Waals surface area contributed by atoms with E-state index in [1.54, 1.807) is 30.2 Å². The van der Waals surface area contributed by atoms with Crippen molar-refractivity contribution in [1.29, 1.82) is 0 Å². The number of piperidine rings is 1. The minimum atomic E-state index is -0.0532. The summed E-state index contributed by atoms with van der Waals surface area (Å²) in [5.41, 5.74) is 0.468. The molecule has 1 saturated heterocycles. The summed E-state index contributed by atoms with van der Waals surface area (Å²) in [4.78, 5) is 22.4. The van der Waals surface area contributed by atoms with Crippen molar-refractivity contribution in [2.75, 3.05) is 13.1 Å². The predicted molar refractivity (Wildman–Crippen MR) is 77.0 cm³/mol.